The minimum absolute atomic E-state index is 0.0370. The molecular formula is C12H14N2O. The van der Waals surface area contributed by atoms with Gasteiger partial charge in [0.1, 0.15) is 5.82 Å². The predicted octanol–water partition coefficient (Wildman–Crippen LogP) is 1.86. The molecule has 0 aliphatic rings. The van der Waals surface area contributed by atoms with Crippen LogP contribution < -0.4 is 5.56 Å². The third kappa shape index (κ3) is 1.44. The second-order valence-corrected chi connectivity index (χ2v) is 4.00. The highest BCUT2D eigenvalue weighted by Crippen LogP contribution is 2.15. The molecule has 1 aromatic carbocycles. The van der Waals surface area contributed by atoms with Crippen molar-refractivity contribution in [1.29, 1.82) is 0 Å². The zero-order chi connectivity index (χ0) is 11.2. The van der Waals surface area contributed by atoms with Gasteiger partial charge < -0.3 is 0 Å². The molecule has 3 nitrogen and oxygen atoms in total. The highest BCUT2D eigenvalue weighted by atomic mass is 16.1. The monoisotopic (exact) mass is 202 g/mol. The van der Waals surface area contributed by atoms with Crippen molar-refractivity contribution in [2.75, 3.05) is 0 Å². The maximum atomic E-state index is 12.0. The van der Waals surface area contributed by atoms with Gasteiger partial charge in [-0.15, -0.1) is 0 Å². The van der Waals surface area contributed by atoms with E-state index in [2.05, 4.69) is 4.98 Å². The fourth-order valence-electron chi connectivity index (χ4n) is 1.88. The smallest absolute Gasteiger partial charge is 0.261 e. The van der Waals surface area contributed by atoms with Crippen molar-refractivity contribution >= 4 is 10.9 Å². The summed E-state index contributed by atoms with van der Waals surface area (Å²) in [6.45, 7) is 5.81. The largest absolute Gasteiger partial charge is 0.299 e. The lowest BCUT2D eigenvalue weighted by atomic mass is 10.1. The molecule has 0 saturated carbocycles. The van der Waals surface area contributed by atoms with Crippen LogP contribution in [0.25, 0.3) is 10.9 Å². The quantitative estimate of drug-likeness (QED) is 0.653. The molecule has 0 bridgehead atoms. The summed E-state index contributed by atoms with van der Waals surface area (Å²) >= 11 is 0. The van der Waals surface area contributed by atoms with E-state index in [0.29, 0.717) is 0 Å². The Balaban J connectivity index is 3.06. The minimum Gasteiger partial charge on any atom is -0.299 e. The zero-order valence-electron chi connectivity index (χ0n) is 9.46. The van der Waals surface area contributed by atoms with E-state index >= 15 is 0 Å². The molecule has 0 N–H and O–H groups in total. The Kier molecular flexibility index (Phi) is 2.11. The zero-order valence-corrected chi connectivity index (χ0v) is 9.46. The van der Waals surface area contributed by atoms with Crippen LogP contribution in [0.5, 0.6) is 0 Å². The second kappa shape index (κ2) is 3.19. The molecular weight excluding hydrogens is 188 g/mol. The molecule has 3 heteroatoms. The molecule has 0 unspecified atom stereocenters. The average Bonchev–Trinajstić information content (AvgIpc) is 2.13. The Bertz CT molecular complexity index is 597. The van der Waals surface area contributed by atoms with Crippen LogP contribution in [0.15, 0.2) is 16.9 Å². The van der Waals surface area contributed by atoms with E-state index in [9.17, 15) is 4.79 Å². The number of aryl methyl sites for hydroxylation is 3. The number of hydrogen-bond acceptors (Lipinski definition) is 2. The number of rotatable bonds is 0. The summed E-state index contributed by atoms with van der Waals surface area (Å²) in [4.78, 5) is 16.4. The van der Waals surface area contributed by atoms with Crippen molar-refractivity contribution in [2.45, 2.75) is 20.8 Å². The number of benzene rings is 1. The van der Waals surface area contributed by atoms with Crippen LogP contribution in [0, 0.1) is 20.8 Å². The number of nitrogens with zero attached hydrogens (tertiary/aromatic N) is 2. The van der Waals surface area contributed by atoms with Gasteiger partial charge >= 0.3 is 0 Å². The Morgan fingerprint density at radius 1 is 1.20 bits per heavy atom. The van der Waals surface area contributed by atoms with Crippen LogP contribution in [0.2, 0.25) is 0 Å². The first-order valence-electron chi connectivity index (χ1n) is 4.95. The van der Waals surface area contributed by atoms with Gasteiger partial charge in [-0.3, -0.25) is 9.36 Å². The maximum absolute atomic E-state index is 12.0. The topological polar surface area (TPSA) is 34.9 Å². The van der Waals surface area contributed by atoms with Gasteiger partial charge in [0.25, 0.3) is 5.56 Å². The van der Waals surface area contributed by atoms with Crippen molar-refractivity contribution in [3.63, 3.8) is 0 Å². The van der Waals surface area contributed by atoms with E-state index < -0.39 is 0 Å². The summed E-state index contributed by atoms with van der Waals surface area (Å²) in [5.41, 5.74) is 2.97. The average molecular weight is 202 g/mol. The van der Waals surface area contributed by atoms with E-state index in [-0.39, 0.29) is 5.56 Å². The Morgan fingerprint density at radius 2 is 1.87 bits per heavy atom. The first-order chi connectivity index (χ1) is 7.00. The van der Waals surface area contributed by atoms with Crippen LogP contribution in [-0.4, -0.2) is 9.55 Å². The summed E-state index contributed by atoms with van der Waals surface area (Å²) in [6, 6.07) is 3.97. The molecule has 78 valence electrons. The Morgan fingerprint density at radius 3 is 2.53 bits per heavy atom. The van der Waals surface area contributed by atoms with Crippen molar-refractivity contribution in [1.82, 2.24) is 9.55 Å². The molecule has 0 amide bonds. The van der Waals surface area contributed by atoms with Crippen LogP contribution in [0.3, 0.4) is 0 Å². The fraction of sp³-hybridized carbons (Fsp3) is 0.333. The SMILES string of the molecule is Cc1cc(C)c2c(=O)n(C)c(C)nc2c1. The number of hydrogen-bond donors (Lipinski definition) is 0. The summed E-state index contributed by atoms with van der Waals surface area (Å²) in [5, 5.41) is 0.730. The van der Waals surface area contributed by atoms with Gasteiger partial charge in [-0.1, -0.05) is 6.07 Å². The Hall–Kier alpha value is -1.64. The van der Waals surface area contributed by atoms with E-state index in [1.54, 1.807) is 11.6 Å². The normalized spacial score (nSPS) is 10.9. The number of fused-ring (bicyclic) bond motifs is 1. The van der Waals surface area contributed by atoms with Crippen LogP contribution in [0.4, 0.5) is 0 Å². The fourth-order valence-corrected chi connectivity index (χ4v) is 1.88. The molecule has 2 rings (SSSR count). The highest BCUT2D eigenvalue weighted by Gasteiger charge is 2.07. The van der Waals surface area contributed by atoms with Crippen molar-refractivity contribution in [3.05, 3.63) is 39.4 Å². The molecule has 1 aromatic heterocycles. The third-order valence-electron chi connectivity index (χ3n) is 2.75. The van der Waals surface area contributed by atoms with E-state index in [1.165, 1.54) is 0 Å². The summed E-state index contributed by atoms with van der Waals surface area (Å²) in [6.07, 6.45) is 0. The molecule has 0 spiro atoms. The van der Waals surface area contributed by atoms with Gasteiger partial charge in [-0.25, -0.2) is 4.98 Å². The Labute approximate surface area is 88.4 Å². The summed E-state index contributed by atoms with van der Waals surface area (Å²) in [7, 11) is 1.75. The molecule has 0 fully saturated rings. The predicted molar refractivity (Wildman–Crippen MR) is 61.2 cm³/mol. The van der Waals surface area contributed by atoms with Crippen LogP contribution >= 0.6 is 0 Å². The van der Waals surface area contributed by atoms with Crippen LogP contribution in [0.1, 0.15) is 17.0 Å². The van der Waals surface area contributed by atoms with E-state index in [0.717, 1.165) is 27.9 Å². The molecule has 2 aromatic rings. The van der Waals surface area contributed by atoms with Gasteiger partial charge in [-0.2, -0.15) is 0 Å². The summed E-state index contributed by atoms with van der Waals surface area (Å²) < 4.78 is 1.59. The standard InChI is InChI=1S/C12H14N2O/c1-7-5-8(2)11-10(6-7)13-9(3)14(4)12(11)15/h5-6H,1-4H3. The van der Waals surface area contributed by atoms with E-state index in [1.807, 2.05) is 32.9 Å². The molecule has 0 aliphatic carbocycles. The minimum atomic E-state index is 0.0370. The van der Waals surface area contributed by atoms with Gasteiger partial charge in [-0.05, 0) is 38.0 Å². The van der Waals surface area contributed by atoms with Gasteiger partial charge in [0.05, 0.1) is 10.9 Å². The lowest BCUT2D eigenvalue weighted by Gasteiger charge is -2.07. The molecule has 0 aliphatic heterocycles. The van der Waals surface area contributed by atoms with Crippen molar-refractivity contribution in [3.8, 4) is 0 Å². The first kappa shape index (κ1) is 9.90. The van der Waals surface area contributed by atoms with Gasteiger partial charge in [0.2, 0.25) is 0 Å². The summed E-state index contributed by atoms with van der Waals surface area (Å²) in [5.74, 6) is 0.748. The molecule has 0 saturated heterocycles. The lowest BCUT2D eigenvalue weighted by molar-refractivity contribution is 0.791. The van der Waals surface area contributed by atoms with Crippen LogP contribution in [-0.2, 0) is 7.05 Å². The molecule has 0 atom stereocenters. The van der Waals surface area contributed by atoms with Crippen molar-refractivity contribution < 1.29 is 0 Å². The highest BCUT2D eigenvalue weighted by molar-refractivity contribution is 5.81. The molecule has 0 radical (unpaired) electrons. The molecule has 1 heterocycles. The molecule has 15 heavy (non-hydrogen) atoms. The van der Waals surface area contributed by atoms with E-state index in [4.69, 9.17) is 0 Å². The lowest BCUT2D eigenvalue weighted by Crippen LogP contribution is -2.21. The second-order valence-electron chi connectivity index (χ2n) is 4.00. The van der Waals surface area contributed by atoms with Crippen molar-refractivity contribution in [2.24, 2.45) is 7.05 Å². The first-order valence-corrected chi connectivity index (χ1v) is 4.95. The number of aromatic nitrogens is 2. The third-order valence-corrected chi connectivity index (χ3v) is 2.75. The van der Waals surface area contributed by atoms with Gasteiger partial charge in [0, 0.05) is 7.05 Å². The van der Waals surface area contributed by atoms with Gasteiger partial charge in [0.15, 0.2) is 0 Å². The maximum Gasteiger partial charge on any atom is 0.261 e.